The normalized spacial score (nSPS) is 24.8. The fraction of sp³-hybridized carbons (Fsp3) is 0.710. The van der Waals surface area contributed by atoms with Crippen LogP contribution in [0.1, 0.15) is 84.6 Å². The molecule has 0 radical (unpaired) electrons. The Morgan fingerprint density at radius 1 is 1.02 bits per heavy atom. The van der Waals surface area contributed by atoms with Gasteiger partial charge in [-0.15, -0.1) is 0 Å². The van der Waals surface area contributed by atoms with Crippen LogP contribution in [0.2, 0.25) is 0 Å². The number of benzene rings is 1. The van der Waals surface area contributed by atoms with Gasteiger partial charge in [-0.05, 0) is 55.9 Å². The summed E-state index contributed by atoms with van der Waals surface area (Å²) in [4.78, 5) is 39.8. The highest BCUT2D eigenvalue weighted by atomic mass is 31.1. The first-order valence-electron chi connectivity index (χ1n) is 14.9. The zero-order chi connectivity index (χ0) is 29.3. The molecule has 2 fully saturated rings. The second kappa shape index (κ2) is 14.7. The van der Waals surface area contributed by atoms with Crippen LogP contribution in [0.5, 0.6) is 0 Å². The molecule has 5 atom stereocenters. The van der Waals surface area contributed by atoms with Crippen molar-refractivity contribution >= 4 is 25.8 Å². The van der Waals surface area contributed by atoms with Gasteiger partial charge in [0, 0.05) is 12.3 Å². The third-order valence-corrected chi connectivity index (χ3v) is 10.3. The topological polar surface area (TPSA) is 113 Å². The molecule has 0 aromatic heterocycles. The lowest BCUT2D eigenvalue weighted by Crippen LogP contribution is -2.60. The fourth-order valence-electron chi connectivity index (χ4n) is 6.21. The van der Waals surface area contributed by atoms with E-state index in [2.05, 4.69) is 12.1 Å². The molecule has 1 saturated carbocycles. The Kier molecular flexibility index (Phi) is 11.9. The standard InChI is InChI=1S/C31H49N2O6P/c1-23-19-26(25-16-9-6-10-17-25)20-33(23,30(36)39-22-38-29(35)28(32)31(2,3)4)27(34)21-40(37)18-12-11-15-24-13-7-5-8-14-24/h5,7-8,13-14,23,25-26,28H,6,9-12,15-22,32H2,1-4H3/q+2/t23?,26-,28-,33?/m1/s1. The summed E-state index contributed by atoms with van der Waals surface area (Å²) in [5, 5.41) is 0. The van der Waals surface area contributed by atoms with Crippen molar-refractivity contribution in [2.24, 2.45) is 23.0 Å². The second-order valence-electron chi connectivity index (χ2n) is 12.8. The molecular formula is C31H49N2O6P+2. The van der Waals surface area contributed by atoms with Crippen LogP contribution in [0.25, 0.3) is 0 Å². The van der Waals surface area contributed by atoms with E-state index in [1.807, 2.05) is 45.9 Å². The van der Waals surface area contributed by atoms with Crippen molar-refractivity contribution in [3.63, 3.8) is 0 Å². The number of carbonyl (C=O) groups is 3. The average molecular weight is 577 g/mol. The number of unbranched alkanes of at least 4 members (excludes halogenated alkanes) is 1. The van der Waals surface area contributed by atoms with E-state index < -0.39 is 42.6 Å². The number of esters is 1. The Morgan fingerprint density at radius 2 is 1.70 bits per heavy atom. The number of likely N-dealkylation sites (tertiary alicyclic amines) is 1. The van der Waals surface area contributed by atoms with E-state index >= 15 is 0 Å². The number of nitrogens with zero attached hydrogens (tertiary/aromatic N) is 1. The monoisotopic (exact) mass is 576 g/mol. The lowest BCUT2D eigenvalue weighted by molar-refractivity contribution is -0.794. The molecule has 0 bridgehead atoms. The molecule has 2 N–H and O–H groups in total. The minimum Gasteiger partial charge on any atom is -0.426 e. The summed E-state index contributed by atoms with van der Waals surface area (Å²) in [6.45, 7) is 7.14. The van der Waals surface area contributed by atoms with E-state index in [0.29, 0.717) is 18.6 Å². The van der Waals surface area contributed by atoms with Crippen molar-refractivity contribution in [3.8, 4) is 0 Å². The Labute approximate surface area is 240 Å². The van der Waals surface area contributed by atoms with Gasteiger partial charge in [-0.25, -0.2) is 4.79 Å². The highest BCUT2D eigenvalue weighted by Crippen LogP contribution is 2.42. The van der Waals surface area contributed by atoms with Gasteiger partial charge in [0.1, 0.15) is 24.8 Å². The van der Waals surface area contributed by atoms with Gasteiger partial charge in [0.15, 0.2) is 0 Å². The number of carbonyl (C=O) groups excluding carboxylic acids is 3. The first-order valence-corrected chi connectivity index (χ1v) is 16.5. The van der Waals surface area contributed by atoms with E-state index in [1.54, 1.807) is 0 Å². The average Bonchev–Trinajstić information content (AvgIpc) is 3.29. The zero-order valence-electron chi connectivity index (χ0n) is 24.8. The largest absolute Gasteiger partial charge is 0.526 e. The number of rotatable bonds is 11. The molecule has 3 rings (SSSR count). The van der Waals surface area contributed by atoms with Gasteiger partial charge in [0.2, 0.25) is 6.79 Å². The molecule has 8 nitrogen and oxygen atoms in total. The molecule has 1 aliphatic heterocycles. The number of hydrogen-bond donors (Lipinski definition) is 1. The van der Waals surface area contributed by atoms with Gasteiger partial charge in [-0.3, -0.25) is 4.79 Å². The number of aryl methyl sites for hydroxylation is 1. The molecule has 40 heavy (non-hydrogen) atoms. The number of imide groups is 1. The maximum Gasteiger partial charge on any atom is 0.526 e. The maximum atomic E-state index is 13.8. The van der Waals surface area contributed by atoms with Crippen LogP contribution in [0, 0.1) is 17.3 Å². The van der Waals surface area contributed by atoms with Crippen molar-refractivity contribution in [2.75, 3.05) is 25.7 Å². The first kappa shape index (κ1) is 32.4. The van der Waals surface area contributed by atoms with Crippen LogP contribution >= 0.6 is 7.80 Å². The minimum atomic E-state index is -1.79. The molecule has 222 valence electrons. The number of nitrogens with two attached hydrogens (primary N) is 1. The quantitative estimate of drug-likeness (QED) is 0.110. The third kappa shape index (κ3) is 8.43. The zero-order valence-corrected chi connectivity index (χ0v) is 25.7. The lowest BCUT2D eigenvalue weighted by atomic mass is 9.79. The summed E-state index contributed by atoms with van der Waals surface area (Å²) in [6.07, 6.45) is 8.67. The predicted molar refractivity (Wildman–Crippen MR) is 156 cm³/mol. The summed E-state index contributed by atoms with van der Waals surface area (Å²) >= 11 is 0. The van der Waals surface area contributed by atoms with Gasteiger partial charge >= 0.3 is 25.8 Å². The highest BCUT2D eigenvalue weighted by Gasteiger charge is 2.60. The second-order valence-corrected chi connectivity index (χ2v) is 14.6. The van der Waals surface area contributed by atoms with Crippen molar-refractivity contribution in [2.45, 2.75) is 97.6 Å². The Balaban J connectivity index is 1.64. The molecule has 3 unspecified atom stereocenters. The van der Waals surface area contributed by atoms with Gasteiger partial charge in [0.25, 0.3) is 6.16 Å². The molecule has 1 aromatic rings. The third-order valence-electron chi connectivity index (χ3n) is 8.85. The van der Waals surface area contributed by atoms with E-state index in [-0.39, 0.29) is 24.0 Å². The Hall–Kier alpha value is -2.15. The molecule has 9 heteroatoms. The van der Waals surface area contributed by atoms with Crippen LogP contribution in [-0.2, 0) is 30.0 Å². The maximum absolute atomic E-state index is 13.8. The van der Waals surface area contributed by atoms with Gasteiger partial charge in [0.05, 0.1) is 0 Å². The minimum absolute atomic E-state index is 0.147. The summed E-state index contributed by atoms with van der Waals surface area (Å²) in [6, 6.07) is 8.99. The van der Waals surface area contributed by atoms with E-state index in [0.717, 1.165) is 38.5 Å². The fourth-order valence-corrected chi connectivity index (χ4v) is 7.50. The SMILES string of the molecule is CC1C[C@@H](C2CCCCC2)C[N+]1(C(=O)C[P+](=O)CCCCc1ccccc1)C(=O)OCOC(=O)[C@@H](N)C(C)(C)C. The molecule has 2 aliphatic rings. The van der Waals surface area contributed by atoms with Gasteiger partial charge in [-0.2, -0.15) is 9.28 Å². The van der Waals surface area contributed by atoms with Crippen molar-refractivity contribution in [1.82, 2.24) is 0 Å². The smallest absolute Gasteiger partial charge is 0.426 e. The lowest BCUT2D eigenvalue weighted by Gasteiger charge is -2.31. The van der Waals surface area contributed by atoms with Gasteiger partial charge in [-0.1, -0.05) is 74.9 Å². The number of quaternary nitrogens is 1. The van der Waals surface area contributed by atoms with Gasteiger partial charge < -0.3 is 15.2 Å². The van der Waals surface area contributed by atoms with Crippen LogP contribution in [0.15, 0.2) is 30.3 Å². The Morgan fingerprint density at radius 3 is 2.35 bits per heavy atom. The van der Waals surface area contributed by atoms with Crippen LogP contribution < -0.4 is 5.73 Å². The predicted octanol–water partition coefficient (Wildman–Crippen LogP) is 6.18. The van der Waals surface area contributed by atoms with E-state index in [1.165, 1.54) is 24.8 Å². The molecule has 1 heterocycles. The summed E-state index contributed by atoms with van der Waals surface area (Å²) in [5.74, 6) is -0.303. The van der Waals surface area contributed by atoms with Crippen LogP contribution in [0.4, 0.5) is 4.79 Å². The number of amides is 2. The molecule has 0 spiro atoms. The number of ether oxygens (including phenoxy) is 2. The first-order chi connectivity index (χ1) is 18.9. The van der Waals surface area contributed by atoms with Crippen LogP contribution in [0.3, 0.4) is 0 Å². The molecule has 1 aliphatic carbocycles. The van der Waals surface area contributed by atoms with Crippen molar-refractivity contribution in [1.29, 1.82) is 0 Å². The summed E-state index contributed by atoms with van der Waals surface area (Å²) < 4.78 is 23.2. The molecular weight excluding hydrogens is 527 g/mol. The number of hydrogen-bond acceptors (Lipinski definition) is 7. The molecule has 1 saturated heterocycles. The summed E-state index contributed by atoms with van der Waals surface area (Å²) in [5.41, 5.74) is 6.70. The van der Waals surface area contributed by atoms with Crippen LogP contribution in [-0.4, -0.2) is 60.2 Å². The van der Waals surface area contributed by atoms with E-state index in [9.17, 15) is 18.9 Å². The molecule has 2 amide bonds. The summed E-state index contributed by atoms with van der Waals surface area (Å²) in [7, 11) is -1.79. The molecule has 1 aromatic carbocycles. The van der Waals surface area contributed by atoms with Crippen molar-refractivity contribution < 1.29 is 32.9 Å². The Bertz CT molecular complexity index is 1020. The van der Waals surface area contributed by atoms with E-state index in [4.69, 9.17) is 15.2 Å². The highest BCUT2D eigenvalue weighted by molar-refractivity contribution is 7.45. The van der Waals surface area contributed by atoms with Crippen molar-refractivity contribution in [3.05, 3.63) is 35.9 Å².